The molecule has 0 atom stereocenters. The molecule has 0 fully saturated rings. The summed E-state index contributed by atoms with van der Waals surface area (Å²) in [5.74, 6) is 1.15. The molecule has 1 aromatic rings. The molecule has 0 unspecified atom stereocenters. The molecule has 0 bridgehead atoms. The minimum atomic E-state index is 0. The Balaban J connectivity index is 0.00000784. The number of nitrogens with one attached hydrogen (secondary N) is 3. The van der Waals surface area contributed by atoms with Gasteiger partial charge in [-0.05, 0) is 37.0 Å². The van der Waals surface area contributed by atoms with Gasteiger partial charge in [0.25, 0.3) is 0 Å². The zero-order valence-electron chi connectivity index (χ0n) is 18.1. The average molecular weight is 520 g/mol. The van der Waals surface area contributed by atoms with Crippen molar-refractivity contribution in [1.82, 2.24) is 10.6 Å². The number of carbonyl (C=O) groups excluding carboxylic acids is 1. The number of amides is 1. The summed E-state index contributed by atoms with van der Waals surface area (Å²) in [6.07, 6.45) is 1.41. The number of benzene rings is 1. The number of aliphatic imine (C=N–C) groups is 1. The van der Waals surface area contributed by atoms with Crippen molar-refractivity contribution < 1.29 is 14.3 Å². The Morgan fingerprint density at radius 2 is 1.97 bits per heavy atom. The number of rotatable bonds is 13. The van der Waals surface area contributed by atoms with E-state index in [1.54, 1.807) is 7.11 Å². The van der Waals surface area contributed by atoms with Gasteiger partial charge in [-0.2, -0.15) is 0 Å². The first-order valence-corrected chi connectivity index (χ1v) is 10.0. The third kappa shape index (κ3) is 14.3. The third-order valence-electron chi connectivity index (χ3n) is 3.76. The van der Waals surface area contributed by atoms with Gasteiger partial charge in [-0.3, -0.25) is 4.79 Å². The maximum absolute atomic E-state index is 11.9. The zero-order valence-corrected chi connectivity index (χ0v) is 20.5. The molecule has 0 spiro atoms. The highest BCUT2D eigenvalue weighted by molar-refractivity contribution is 14.0. The number of hydrogen-bond donors (Lipinski definition) is 3. The van der Waals surface area contributed by atoms with Gasteiger partial charge < -0.3 is 25.4 Å². The van der Waals surface area contributed by atoms with Crippen molar-refractivity contribution in [1.29, 1.82) is 0 Å². The number of anilines is 1. The number of guanidine groups is 1. The molecule has 0 aliphatic heterocycles. The Morgan fingerprint density at radius 1 is 1.17 bits per heavy atom. The molecule has 166 valence electrons. The average Bonchev–Trinajstić information content (AvgIpc) is 2.65. The van der Waals surface area contributed by atoms with E-state index in [2.05, 4.69) is 20.9 Å². The number of hydrogen-bond acceptors (Lipinski definition) is 4. The van der Waals surface area contributed by atoms with E-state index in [-0.39, 0.29) is 29.9 Å². The van der Waals surface area contributed by atoms with E-state index < -0.39 is 0 Å². The lowest BCUT2D eigenvalue weighted by molar-refractivity contribution is -0.116. The second kappa shape index (κ2) is 17.5. The Bertz CT molecular complexity index is 597. The first-order valence-electron chi connectivity index (χ1n) is 10.0. The smallest absolute Gasteiger partial charge is 0.224 e. The Hall–Kier alpha value is -1.39. The van der Waals surface area contributed by atoms with E-state index in [0.717, 1.165) is 36.7 Å². The summed E-state index contributed by atoms with van der Waals surface area (Å²) in [5, 5.41) is 9.50. The topological polar surface area (TPSA) is 84.0 Å². The Labute approximate surface area is 192 Å². The molecule has 1 rings (SSSR count). The lowest BCUT2D eigenvalue weighted by Gasteiger charge is -2.12. The number of ether oxygens (including phenoxy) is 2. The van der Waals surface area contributed by atoms with Crippen LogP contribution in [-0.4, -0.2) is 51.9 Å². The lowest BCUT2D eigenvalue weighted by Crippen LogP contribution is -2.38. The minimum absolute atomic E-state index is 0. The van der Waals surface area contributed by atoms with Crippen molar-refractivity contribution in [3.63, 3.8) is 0 Å². The highest BCUT2D eigenvalue weighted by Gasteiger charge is 2.05. The van der Waals surface area contributed by atoms with Crippen molar-refractivity contribution in [3.05, 3.63) is 29.8 Å². The van der Waals surface area contributed by atoms with Crippen molar-refractivity contribution in [2.24, 2.45) is 10.9 Å². The highest BCUT2D eigenvalue weighted by Crippen LogP contribution is 2.13. The summed E-state index contributed by atoms with van der Waals surface area (Å²) >= 11 is 0. The summed E-state index contributed by atoms with van der Waals surface area (Å²) in [6, 6.07) is 7.82. The maximum Gasteiger partial charge on any atom is 0.224 e. The Morgan fingerprint density at radius 3 is 2.66 bits per heavy atom. The molecule has 0 aromatic heterocycles. The van der Waals surface area contributed by atoms with E-state index >= 15 is 0 Å². The number of nitrogens with zero attached hydrogens (tertiary/aromatic N) is 1. The quantitative estimate of drug-likeness (QED) is 0.161. The minimum Gasteiger partial charge on any atom is -0.382 e. The Kier molecular flexibility index (Phi) is 16.6. The van der Waals surface area contributed by atoms with Crippen LogP contribution in [0.2, 0.25) is 0 Å². The summed E-state index contributed by atoms with van der Waals surface area (Å²) in [6.45, 7) is 10.1. The largest absolute Gasteiger partial charge is 0.382 e. The van der Waals surface area contributed by atoms with E-state index in [9.17, 15) is 4.79 Å². The fourth-order valence-electron chi connectivity index (χ4n) is 2.47. The molecule has 0 aliphatic rings. The predicted octanol–water partition coefficient (Wildman–Crippen LogP) is 3.40. The molecule has 1 aromatic carbocycles. The molecule has 8 heteroatoms. The van der Waals surface area contributed by atoms with Gasteiger partial charge in [-0.25, -0.2) is 4.99 Å². The molecule has 0 saturated heterocycles. The van der Waals surface area contributed by atoms with E-state index in [0.29, 0.717) is 38.7 Å². The molecule has 3 N–H and O–H groups in total. The van der Waals surface area contributed by atoms with Crippen LogP contribution < -0.4 is 16.0 Å². The van der Waals surface area contributed by atoms with Crippen LogP contribution >= 0.6 is 24.0 Å². The van der Waals surface area contributed by atoms with Crippen LogP contribution in [-0.2, 0) is 20.8 Å². The zero-order chi connectivity index (χ0) is 20.6. The number of halogens is 1. The van der Waals surface area contributed by atoms with Gasteiger partial charge in [-0.1, -0.05) is 26.0 Å². The third-order valence-corrected chi connectivity index (χ3v) is 3.76. The second-order valence-electron chi connectivity index (χ2n) is 6.93. The van der Waals surface area contributed by atoms with Crippen molar-refractivity contribution in [2.45, 2.75) is 40.2 Å². The van der Waals surface area contributed by atoms with Crippen LogP contribution in [0.4, 0.5) is 5.69 Å². The molecular weight excluding hydrogens is 483 g/mol. The van der Waals surface area contributed by atoms with Crippen LogP contribution in [0.1, 0.15) is 39.2 Å². The van der Waals surface area contributed by atoms with Gasteiger partial charge in [0.15, 0.2) is 5.96 Å². The first-order chi connectivity index (χ1) is 13.5. The van der Waals surface area contributed by atoms with Gasteiger partial charge in [0.05, 0.1) is 19.8 Å². The van der Waals surface area contributed by atoms with Gasteiger partial charge in [0.2, 0.25) is 5.91 Å². The van der Waals surface area contributed by atoms with Gasteiger partial charge >= 0.3 is 0 Å². The molecule has 0 heterocycles. The van der Waals surface area contributed by atoms with Gasteiger partial charge in [-0.15, -0.1) is 24.0 Å². The molecule has 0 aliphatic carbocycles. The molecular formula is C21H37IN4O3. The van der Waals surface area contributed by atoms with Crippen molar-refractivity contribution in [3.8, 4) is 0 Å². The molecule has 0 radical (unpaired) electrons. The number of carbonyl (C=O) groups is 1. The van der Waals surface area contributed by atoms with Crippen molar-refractivity contribution >= 4 is 41.5 Å². The fraction of sp³-hybridized carbons (Fsp3) is 0.619. The summed E-state index contributed by atoms with van der Waals surface area (Å²) < 4.78 is 10.4. The SMILES string of the molecule is CCNC(=NCc1cccc(NC(=O)CC(C)C)c1)NCCCOCCOC.I. The second-order valence-corrected chi connectivity index (χ2v) is 6.93. The fourth-order valence-corrected chi connectivity index (χ4v) is 2.47. The molecule has 7 nitrogen and oxygen atoms in total. The molecule has 0 saturated carbocycles. The van der Waals surface area contributed by atoms with Crippen LogP contribution in [0, 0.1) is 5.92 Å². The monoisotopic (exact) mass is 520 g/mol. The first kappa shape index (κ1) is 27.6. The maximum atomic E-state index is 11.9. The van der Waals surface area contributed by atoms with E-state index in [1.807, 2.05) is 45.0 Å². The van der Waals surface area contributed by atoms with Crippen LogP contribution in [0.25, 0.3) is 0 Å². The van der Waals surface area contributed by atoms with Gasteiger partial charge in [0.1, 0.15) is 0 Å². The standard InChI is InChI=1S/C21H36N4O3.HI/c1-5-22-21(23-10-7-11-28-13-12-27-4)24-16-18-8-6-9-19(15-18)25-20(26)14-17(2)3;/h6,8-9,15,17H,5,7,10-14,16H2,1-4H3,(H,25,26)(H2,22,23,24);1H. The predicted molar refractivity (Wildman–Crippen MR) is 130 cm³/mol. The van der Waals surface area contributed by atoms with E-state index in [1.165, 1.54) is 0 Å². The summed E-state index contributed by atoms with van der Waals surface area (Å²) in [5.41, 5.74) is 1.85. The van der Waals surface area contributed by atoms with Crippen molar-refractivity contribution in [2.75, 3.05) is 45.3 Å². The highest BCUT2D eigenvalue weighted by atomic mass is 127. The summed E-state index contributed by atoms with van der Waals surface area (Å²) in [7, 11) is 1.67. The van der Waals surface area contributed by atoms with E-state index in [4.69, 9.17) is 9.47 Å². The summed E-state index contributed by atoms with van der Waals surface area (Å²) in [4.78, 5) is 16.6. The lowest BCUT2D eigenvalue weighted by atomic mass is 10.1. The normalized spacial score (nSPS) is 11.1. The number of methoxy groups -OCH3 is 1. The van der Waals surface area contributed by atoms with Crippen LogP contribution in [0.15, 0.2) is 29.3 Å². The van der Waals surface area contributed by atoms with Crippen LogP contribution in [0.5, 0.6) is 0 Å². The molecule has 29 heavy (non-hydrogen) atoms. The molecule has 1 amide bonds. The van der Waals surface area contributed by atoms with Crippen LogP contribution in [0.3, 0.4) is 0 Å². The van der Waals surface area contributed by atoms with Gasteiger partial charge in [0, 0.05) is 38.9 Å².